The van der Waals surface area contributed by atoms with Crippen LogP contribution in [0.15, 0.2) is 54.6 Å². The molecule has 25 heteroatoms. The molecule has 0 aliphatic rings. The molecule has 2 rings (SSSR count). The second-order valence-electron chi connectivity index (χ2n) is 11.2. The molecule has 12 nitrogen and oxygen atoms in total. The zero-order chi connectivity index (χ0) is 44.7. The molecule has 0 aromatic heterocycles. The predicted molar refractivity (Wildman–Crippen MR) is 162 cm³/mol. The van der Waals surface area contributed by atoms with Gasteiger partial charge in [-0.25, -0.2) is 23.2 Å². The minimum atomic E-state index is -7.35. The number of ketones is 3. The Labute approximate surface area is 315 Å². The average Bonchev–Trinajstić information content (AvgIpc) is 3.10. The lowest BCUT2D eigenvalue weighted by molar-refractivity contribution is -0.502. The third-order valence-electron chi connectivity index (χ3n) is 6.70. The third kappa shape index (κ3) is 12.2. The topological polar surface area (TPSA) is 158 Å². The fraction of sp³-hybridized carbons (Fsp3) is 0.394. The molecule has 0 radical (unpaired) electrons. The number of rotatable bonds is 20. The predicted octanol–water partition coefficient (Wildman–Crippen LogP) is 7.14. The Balaban J connectivity index is 2.23. The van der Waals surface area contributed by atoms with Crippen LogP contribution in [0.1, 0.15) is 62.2 Å². The van der Waals surface area contributed by atoms with Crippen LogP contribution < -0.4 is 4.74 Å². The number of ether oxygens (including phenoxy) is 6. The van der Waals surface area contributed by atoms with Crippen molar-refractivity contribution in [1.82, 2.24) is 0 Å². The van der Waals surface area contributed by atoms with Gasteiger partial charge in [0.05, 0.1) is 17.7 Å². The molecule has 0 amide bonds. The first kappa shape index (κ1) is 48.6. The monoisotopic (exact) mass is 860 g/mol. The Morgan fingerprint density at radius 2 is 1.26 bits per heavy atom. The third-order valence-corrected chi connectivity index (χ3v) is 6.70. The second kappa shape index (κ2) is 18.3. The highest BCUT2D eigenvalue weighted by atomic mass is 19.4. The lowest BCUT2D eigenvalue weighted by Gasteiger charge is -2.36. The van der Waals surface area contributed by atoms with Crippen molar-refractivity contribution in [3.8, 4) is 5.75 Å². The number of carbonyl (C=O) groups excluding carboxylic acids is 6. The number of alkyl halides is 13. The number of hydrogen-bond acceptors (Lipinski definition) is 12. The van der Waals surface area contributed by atoms with Crippen molar-refractivity contribution in [1.29, 1.82) is 0 Å². The number of halogens is 13. The van der Waals surface area contributed by atoms with Gasteiger partial charge in [-0.05, 0) is 44.2 Å². The SMILES string of the molecule is CCOC(=O)/C=C/C(=O)COC(=O)c1ccccc1C(=O)COC(=O)c1cc(OC(F)(F)C(F)OC(F)(F)C(C)(F)OC(F)(F)C(F)(F)C(F)(F)F)cc(C(C)=O)c1. The van der Waals surface area contributed by atoms with Crippen LogP contribution in [-0.2, 0) is 33.3 Å². The minimum Gasteiger partial charge on any atom is -0.463 e. The van der Waals surface area contributed by atoms with E-state index in [1.165, 1.54) is 19.1 Å². The molecule has 0 N–H and O–H groups in total. The van der Waals surface area contributed by atoms with E-state index in [1.54, 1.807) is 0 Å². The van der Waals surface area contributed by atoms with Gasteiger partial charge < -0.3 is 18.9 Å². The van der Waals surface area contributed by atoms with E-state index in [-0.39, 0.29) is 12.7 Å². The van der Waals surface area contributed by atoms with Crippen molar-refractivity contribution >= 4 is 35.3 Å². The lowest BCUT2D eigenvalue weighted by Crippen LogP contribution is -2.60. The van der Waals surface area contributed by atoms with Crippen molar-refractivity contribution in [2.75, 3.05) is 19.8 Å². The van der Waals surface area contributed by atoms with E-state index in [1.807, 2.05) is 0 Å². The first-order chi connectivity index (χ1) is 26.4. The van der Waals surface area contributed by atoms with Crippen LogP contribution in [0.2, 0.25) is 0 Å². The number of Topliss-reactive ketones (excluding diaryl/α,β-unsaturated/α-hetero) is 2. The Hall–Kier alpha value is -5.59. The van der Waals surface area contributed by atoms with E-state index < -0.39 is 126 Å². The molecule has 0 aliphatic heterocycles. The van der Waals surface area contributed by atoms with Gasteiger partial charge in [-0.3, -0.25) is 23.9 Å². The summed E-state index contributed by atoms with van der Waals surface area (Å²) in [5.41, 5.74) is -2.61. The van der Waals surface area contributed by atoms with Crippen LogP contribution in [0.4, 0.5) is 57.1 Å². The Bertz CT molecular complexity index is 1910. The fourth-order valence-corrected chi connectivity index (χ4v) is 3.83. The Morgan fingerprint density at radius 1 is 0.707 bits per heavy atom. The number of hydrogen-bond donors (Lipinski definition) is 0. The summed E-state index contributed by atoms with van der Waals surface area (Å²) in [4.78, 5) is 73.4. The van der Waals surface area contributed by atoms with Gasteiger partial charge in [-0.1, -0.05) is 18.2 Å². The molecule has 2 aromatic rings. The summed E-state index contributed by atoms with van der Waals surface area (Å²) >= 11 is 0. The van der Waals surface area contributed by atoms with E-state index >= 15 is 0 Å². The molecule has 2 atom stereocenters. The van der Waals surface area contributed by atoms with Crippen LogP contribution in [0.25, 0.3) is 0 Å². The van der Waals surface area contributed by atoms with Crippen LogP contribution in [0.5, 0.6) is 5.75 Å². The van der Waals surface area contributed by atoms with Gasteiger partial charge >= 0.3 is 60.5 Å². The zero-order valence-corrected chi connectivity index (χ0v) is 29.2. The molecule has 2 aromatic carbocycles. The second-order valence-corrected chi connectivity index (χ2v) is 11.2. The van der Waals surface area contributed by atoms with E-state index in [0.717, 1.165) is 31.2 Å². The van der Waals surface area contributed by atoms with E-state index in [9.17, 15) is 85.8 Å². The average molecular weight is 861 g/mol. The molecule has 0 heterocycles. The van der Waals surface area contributed by atoms with Crippen LogP contribution in [0.3, 0.4) is 0 Å². The standard InChI is InChI=1S/C33H25F13O12/c1-4-53-24(50)10-9-19(48)14-54-26(52)22-8-6-5-7-21(22)23(49)15-55-25(51)18-11-17(16(2)47)12-20(13-18)56-29(36,37)27(34)57-32(43,44)28(3,35)58-33(45,46)30(38,39)31(40,41)42/h5-13,27H,4,14-15H2,1-3H3/b10-9+. The van der Waals surface area contributed by atoms with E-state index in [4.69, 9.17) is 9.47 Å². The molecule has 0 bridgehead atoms. The summed E-state index contributed by atoms with van der Waals surface area (Å²) in [6.45, 7) is -0.880. The van der Waals surface area contributed by atoms with Crippen LogP contribution in [-0.4, -0.2) is 97.7 Å². The van der Waals surface area contributed by atoms with Gasteiger partial charge in [-0.15, -0.1) is 0 Å². The normalized spacial score (nSPS) is 14.3. The smallest absolute Gasteiger partial charge is 0.462 e. The van der Waals surface area contributed by atoms with Gasteiger partial charge in [0.2, 0.25) is 5.78 Å². The van der Waals surface area contributed by atoms with E-state index in [2.05, 4.69) is 18.9 Å². The quantitative estimate of drug-likeness (QED) is 0.0437. The molecule has 0 aliphatic carbocycles. The summed E-state index contributed by atoms with van der Waals surface area (Å²) in [6, 6.07) is 5.75. The molecule has 0 saturated carbocycles. The van der Waals surface area contributed by atoms with Crippen molar-refractivity contribution < 1.29 is 114 Å². The molecular weight excluding hydrogens is 835 g/mol. The minimum absolute atomic E-state index is 0.00689. The number of benzene rings is 2. The molecule has 320 valence electrons. The number of esters is 3. The summed E-state index contributed by atoms with van der Waals surface area (Å²) in [7, 11) is 0. The van der Waals surface area contributed by atoms with Gasteiger partial charge in [0, 0.05) is 24.1 Å². The molecular formula is C33H25F13O12. The van der Waals surface area contributed by atoms with Crippen molar-refractivity contribution in [2.24, 2.45) is 0 Å². The first-order valence-corrected chi connectivity index (χ1v) is 15.4. The highest BCUT2D eigenvalue weighted by molar-refractivity contribution is 6.08. The highest BCUT2D eigenvalue weighted by Gasteiger charge is 2.78. The maximum atomic E-state index is 14.6. The molecule has 0 saturated heterocycles. The summed E-state index contributed by atoms with van der Waals surface area (Å²) in [5.74, 6) is -21.5. The molecule has 58 heavy (non-hydrogen) atoms. The van der Waals surface area contributed by atoms with E-state index in [0.29, 0.717) is 12.1 Å². The van der Waals surface area contributed by atoms with Gasteiger partial charge in [0.25, 0.3) is 0 Å². The Morgan fingerprint density at radius 3 is 1.81 bits per heavy atom. The Kier molecular flexibility index (Phi) is 15.4. The lowest BCUT2D eigenvalue weighted by atomic mass is 10.0. The van der Waals surface area contributed by atoms with Crippen LogP contribution in [0, 0.1) is 0 Å². The highest BCUT2D eigenvalue weighted by Crippen LogP contribution is 2.51. The maximum absolute atomic E-state index is 14.6. The van der Waals surface area contributed by atoms with Gasteiger partial charge in [0.15, 0.2) is 24.8 Å². The fourth-order valence-electron chi connectivity index (χ4n) is 3.83. The molecule has 0 fully saturated rings. The summed E-state index contributed by atoms with van der Waals surface area (Å²) in [5, 5.41) is 0. The van der Waals surface area contributed by atoms with Crippen molar-refractivity contribution in [2.45, 2.75) is 63.4 Å². The van der Waals surface area contributed by atoms with Gasteiger partial charge in [-0.2, -0.15) is 48.3 Å². The van der Waals surface area contributed by atoms with Gasteiger partial charge in [0.1, 0.15) is 5.75 Å². The largest absolute Gasteiger partial charge is 0.463 e. The van der Waals surface area contributed by atoms with Crippen molar-refractivity contribution in [3.63, 3.8) is 0 Å². The summed E-state index contributed by atoms with van der Waals surface area (Å²) < 4.78 is 199. The van der Waals surface area contributed by atoms with Crippen LogP contribution >= 0.6 is 0 Å². The van der Waals surface area contributed by atoms with Crippen molar-refractivity contribution in [3.05, 3.63) is 76.9 Å². The molecule has 2 unspecified atom stereocenters. The maximum Gasteiger partial charge on any atom is 0.462 e. The first-order valence-electron chi connectivity index (χ1n) is 15.4. The molecule has 0 spiro atoms. The number of carbonyl (C=O) groups is 6. The zero-order valence-electron chi connectivity index (χ0n) is 29.2. The summed E-state index contributed by atoms with van der Waals surface area (Å²) in [6.07, 6.45) is -30.2.